The lowest BCUT2D eigenvalue weighted by atomic mass is 9.96. The molecule has 112 valence electrons. The second kappa shape index (κ2) is 6.44. The van der Waals surface area contributed by atoms with Gasteiger partial charge in [-0.1, -0.05) is 43.5 Å². The number of hydrogen-bond donors (Lipinski definition) is 1. The van der Waals surface area contributed by atoms with Gasteiger partial charge in [-0.15, -0.1) is 0 Å². The van der Waals surface area contributed by atoms with E-state index < -0.39 is 0 Å². The molecule has 3 nitrogen and oxygen atoms in total. The van der Waals surface area contributed by atoms with Gasteiger partial charge in [-0.3, -0.25) is 4.68 Å². The quantitative estimate of drug-likeness (QED) is 0.923. The van der Waals surface area contributed by atoms with Crippen molar-refractivity contribution in [3.63, 3.8) is 0 Å². The molecule has 2 N–H and O–H groups in total. The molecule has 1 heterocycles. The van der Waals surface area contributed by atoms with Crippen molar-refractivity contribution in [3.8, 4) is 0 Å². The van der Waals surface area contributed by atoms with Gasteiger partial charge < -0.3 is 5.73 Å². The minimum absolute atomic E-state index is 0.0286. The third kappa shape index (κ3) is 3.35. The maximum absolute atomic E-state index is 6.37. The first-order valence-corrected chi connectivity index (χ1v) is 8.09. The molecule has 1 fully saturated rings. The summed E-state index contributed by atoms with van der Waals surface area (Å²) in [5, 5.41) is 4.77. The van der Waals surface area contributed by atoms with E-state index in [-0.39, 0.29) is 6.04 Å². The van der Waals surface area contributed by atoms with Gasteiger partial charge in [0.05, 0.1) is 11.7 Å². The van der Waals surface area contributed by atoms with Crippen LogP contribution in [-0.2, 0) is 6.42 Å². The standard InChI is InChI=1S/C18H25N3/c1-14-7-5-6-10-17(14)18(19)13-15-11-12-21(20-15)16-8-3-2-4-9-16/h5-7,10-12,16,18H,2-4,8-9,13,19H2,1H3. The fourth-order valence-electron chi connectivity index (χ4n) is 3.37. The molecule has 21 heavy (non-hydrogen) atoms. The van der Waals surface area contributed by atoms with Gasteiger partial charge in [0.1, 0.15) is 0 Å². The van der Waals surface area contributed by atoms with Gasteiger partial charge in [-0.2, -0.15) is 5.10 Å². The number of benzene rings is 1. The molecular weight excluding hydrogens is 258 g/mol. The molecule has 1 aliphatic rings. The summed E-state index contributed by atoms with van der Waals surface area (Å²) in [6.07, 6.45) is 9.53. The average molecular weight is 283 g/mol. The van der Waals surface area contributed by atoms with Crippen LogP contribution >= 0.6 is 0 Å². The molecule has 1 atom stereocenters. The number of aryl methyl sites for hydroxylation is 1. The smallest absolute Gasteiger partial charge is 0.0643 e. The molecule has 3 heteroatoms. The van der Waals surface area contributed by atoms with Crippen molar-refractivity contribution in [3.05, 3.63) is 53.3 Å². The van der Waals surface area contributed by atoms with E-state index in [1.807, 2.05) is 0 Å². The largest absolute Gasteiger partial charge is 0.324 e. The Balaban J connectivity index is 1.68. The van der Waals surface area contributed by atoms with Crippen LogP contribution in [0.15, 0.2) is 36.5 Å². The minimum atomic E-state index is 0.0286. The summed E-state index contributed by atoms with van der Waals surface area (Å²) in [4.78, 5) is 0. The summed E-state index contributed by atoms with van der Waals surface area (Å²) in [6, 6.07) is 11.1. The van der Waals surface area contributed by atoms with Crippen molar-refractivity contribution in [2.75, 3.05) is 0 Å². The predicted octanol–water partition coefficient (Wildman–Crippen LogP) is 3.94. The maximum Gasteiger partial charge on any atom is 0.0643 e. The second-order valence-electron chi connectivity index (χ2n) is 6.25. The number of nitrogens with two attached hydrogens (primary N) is 1. The average Bonchev–Trinajstić information content (AvgIpc) is 2.97. The fraction of sp³-hybridized carbons (Fsp3) is 0.500. The Bertz CT molecular complexity index is 582. The van der Waals surface area contributed by atoms with Crippen LogP contribution in [-0.4, -0.2) is 9.78 Å². The highest BCUT2D eigenvalue weighted by molar-refractivity contribution is 5.29. The summed E-state index contributed by atoms with van der Waals surface area (Å²) < 4.78 is 2.17. The van der Waals surface area contributed by atoms with Crippen LogP contribution in [0, 0.1) is 6.92 Å². The fourth-order valence-corrected chi connectivity index (χ4v) is 3.37. The van der Waals surface area contributed by atoms with Crippen LogP contribution in [0.25, 0.3) is 0 Å². The minimum Gasteiger partial charge on any atom is -0.324 e. The van der Waals surface area contributed by atoms with Crippen LogP contribution in [0.2, 0.25) is 0 Å². The molecule has 0 aliphatic heterocycles. The Morgan fingerprint density at radius 1 is 1.19 bits per heavy atom. The Kier molecular flexibility index (Phi) is 4.39. The van der Waals surface area contributed by atoms with Crippen molar-refractivity contribution in [1.82, 2.24) is 9.78 Å². The zero-order chi connectivity index (χ0) is 14.7. The summed E-state index contributed by atoms with van der Waals surface area (Å²) >= 11 is 0. The number of nitrogens with zero attached hydrogens (tertiary/aromatic N) is 2. The van der Waals surface area contributed by atoms with Gasteiger partial charge in [0.2, 0.25) is 0 Å². The van der Waals surface area contributed by atoms with Gasteiger partial charge in [0.15, 0.2) is 0 Å². The molecule has 0 radical (unpaired) electrons. The zero-order valence-electron chi connectivity index (χ0n) is 12.8. The van der Waals surface area contributed by atoms with Gasteiger partial charge in [0.25, 0.3) is 0 Å². The highest BCUT2D eigenvalue weighted by Gasteiger charge is 2.17. The molecule has 1 aliphatic carbocycles. The van der Waals surface area contributed by atoms with E-state index in [1.54, 1.807) is 0 Å². The van der Waals surface area contributed by atoms with E-state index in [4.69, 9.17) is 10.8 Å². The Labute approximate surface area is 127 Å². The molecule has 2 aromatic rings. The Morgan fingerprint density at radius 2 is 1.95 bits per heavy atom. The number of hydrogen-bond acceptors (Lipinski definition) is 2. The molecule has 0 bridgehead atoms. The summed E-state index contributed by atoms with van der Waals surface area (Å²) in [6.45, 7) is 2.12. The van der Waals surface area contributed by atoms with Crippen molar-refractivity contribution < 1.29 is 0 Å². The first kappa shape index (κ1) is 14.3. The topological polar surface area (TPSA) is 43.8 Å². The molecule has 0 saturated heterocycles. The highest BCUT2D eigenvalue weighted by Crippen LogP contribution is 2.28. The van der Waals surface area contributed by atoms with Gasteiger partial charge in [-0.25, -0.2) is 0 Å². The highest BCUT2D eigenvalue weighted by atomic mass is 15.3. The van der Waals surface area contributed by atoms with Crippen molar-refractivity contribution in [2.45, 2.75) is 57.5 Å². The van der Waals surface area contributed by atoms with E-state index in [2.05, 4.69) is 48.1 Å². The van der Waals surface area contributed by atoms with Gasteiger partial charge in [0, 0.05) is 18.7 Å². The van der Waals surface area contributed by atoms with Gasteiger partial charge >= 0.3 is 0 Å². The summed E-state index contributed by atoms with van der Waals surface area (Å²) in [5.74, 6) is 0. The third-order valence-electron chi connectivity index (χ3n) is 4.63. The van der Waals surface area contributed by atoms with Crippen LogP contribution in [0.3, 0.4) is 0 Å². The van der Waals surface area contributed by atoms with Crippen molar-refractivity contribution in [1.29, 1.82) is 0 Å². The monoisotopic (exact) mass is 283 g/mol. The molecule has 1 aromatic heterocycles. The number of rotatable bonds is 4. The van der Waals surface area contributed by atoms with E-state index >= 15 is 0 Å². The first-order valence-electron chi connectivity index (χ1n) is 8.09. The van der Waals surface area contributed by atoms with E-state index in [9.17, 15) is 0 Å². The van der Waals surface area contributed by atoms with Crippen LogP contribution in [0.5, 0.6) is 0 Å². The molecule has 0 amide bonds. The third-order valence-corrected chi connectivity index (χ3v) is 4.63. The van der Waals surface area contributed by atoms with Crippen molar-refractivity contribution >= 4 is 0 Å². The Hall–Kier alpha value is -1.61. The summed E-state index contributed by atoms with van der Waals surface area (Å²) in [5.41, 5.74) is 9.96. The van der Waals surface area contributed by atoms with E-state index in [0.29, 0.717) is 6.04 Å². The normalized spacial score (nSPS) is 17.8. The molecule has 0 spiro atoms. The first-order chi connectivity index (χ1) is 10.2. The van der Waals surface area contributed by atoms with E-state index in [0.717, 1.165) is 12.1 Å². The molecule has 3 rings (SSSR count). The maximum atomic E-state index is 6.37. The predicted molar refractivity (Wildman–Crippen MR) is 86.2 cm³/mol. The molecule has 1 saturated carbocycles. The van der Waals surface area contributed by atoms with Crippen LogP contribution in [0.1, 0.15) is 61.0 Å². The SMILES string of the molecule is Cc1ccccc1C(N)Cc1ccn(C2CCCCC2)n1. The second-order valence-corrected chi connectivity index (χ2v) is 6.25. The van der Waals surface area contributed by atoms with Gasteiger partial charge in [-0.05, 0) is 37.0 Å². The molecular formula is C18H25N3. The van der Waals surface area contributed by atoms with Crippen molar-refractivity contribution in [2.24, 2.45) is 5.73 Å². The lowest BCUT2D eigenvalue weighted by Crippen LogP contribution is -2.16. The molecule has 1 unspecified atom stereocenters. The number of aromatic nitrogens is 2. The lowest BCUT2D eigenvalue weighted by Gasteiger charge is -2.21. The Morgan fingerprint density at radius 3 is 2.71 bits per heavy atom. The van der Waals surface area contributed by atoms with E-state index in [1.165, 1.54) is 43.2 Å². The zero-order valence-corrected chi connectivity index (χ0v) is 12.8. The van der Waals surface area contributed by atoms with Crippen LogP contribution < -0.4 is 5.73 Å². The molecule has 1 aromatic carbocycles. The lowest BCUT2D eigenvalue weighted by molar-refractivity contribution is 0.328. The summed E-state index contributed by atoms with van der Waals surface area (Å²) in [7, 11) is 0. The van der Waals surface area contributed by atoms with Crippen LogP contribution in [0.4, 0.5) is 0 Å².